The van der Waals surface area contributed by atoms with Gasteiger partial charge in [-0.15, -0.1) is 0 Å². The van der Waals surface area contributed by atoms with Gasteiger partial charge in [0.15, 0.2) is 0 Å². The molecule has 0 aliphatic carbocycles. The summed E-state index contributed by atoms with van der Waals surface area (Å²) in [7, 11) is -1.98. The van der Waals surface area contributed by atoms with Gasteiger partial charge in [-0.25, -0.2) is 18.1 Å². The third-order valence-corrected chi connectivity index (χ3v) is 4.26. The van der Waals surface area contributed by atoms with Crippen LogP contribution in [0.2, 0.25) is 10.2 Å². The minimum atomic E-state index is -3.58. The molecule has 0 amide bonds. The van der Waals surface area contributed by atoms with Crippen LogP contribution in [0.15, 0.2) is 17.2 Å². The van der Waals surface area contributed by atoms with E-state index in [2.05, 4.69) is 9.71 Å². The van der Waals surface area contributed by atoms with Crippen molar-refractivity contribution in [3.8, 4) is 0 Å². The lowest BCUT2D eigenvalue weighted by atomic mass is 10.3. The van der Waals surface area contributed by atoms with Gasteiger partial charge in [0.2, 0.25) is 10.0 Å². The van der Waals surface area contributed by atoms with E-state index in [1.165, 1.54) is 12.3 Å². The molecule has 0 fully saturated rings. The monoisotopic (exact) mass is 312 g/mol. The van der Waals surface area contributed by atoms with Gasteiger partial charge in [0, 0.05) is 26.5 Å². The lowest BCUT2D eigenvalue weighted by Crippen LogP contribution is -2.25. The number of unbranched alkanes of at least 4 members (excludes halogenated alkanes) is 1. The highest BCUT2D eigenvalue weighted by Gasteiger charge is 2.15. The topological polar surface area (TPSA) is 68.3 Å². The summed E-state index contributed by atoms with van der Waals surface area (Å²) >= 11 is 11.3. The fraction of sp³-hybridized carbons (Fsp3) is 0.500. The van der Waals surface area contributed by atoms with Crippen LogP contribution in [0.3, 0.4) is 0 Å². The first kappa shape index (κ1) is 15.7. The molecule has 1 N–H and O–H groups in total. The number of hydrogen-bond donors (Lipinski definition) is 1. The van der Waals surface area contributed by atoms with Crippen LogP contribution in [0.4, 0.5) is 0 Å². The molecule has 0 saturated heterocycles. The molecule has 0 spiro atoms. The molecule has 5 nitrogen and oxygen atoms in total. The molecule has 0 unspecified atom stereocenters. The maximum Gasteiger partial charge on any atom is 0.242 e. The number of methoxy groups -OCH3 is 1. The summed E-state index contributed by atoms with van der Waals surface area (Å²) in [5.74, 6) is 0. The van der Waals surface area contributed by atoms with Crippen LogP contribution < -0.4 is 4.72 Å². The predicted octanol–water partition coefficient (Wildman–Crippen LogP) is 2.09. The second-order valence-corrected chi connectivity index (χ2v) is 6.07. The minimum Gasteiger partial charge on any atom is -0.385 e. The van der Waals surface area contributed by atoms with E-state index in [9.17, 15) is 8.42 Å². The summed E-state index contributed by atoms with van der Waals surface area (Å²) in [5.41, 5.74) is 0. The number of aromatic nitrogens is 1. The van der Waals surface area contributed by atoms with Crippen LogP contribution in [-0.4, -0.2) is 33.7 Å². The third kappa shape index (κ3) is 4.70. The van der Waals surface area contributed by atoms with Crippen molar-refractivity contribution in [1.29, 1.82) is 0 Å². The Balaban J connectivity index is 2.60. The molecule has 0 bridgehead atoms. The molecule has 0 aromatic carbocycles. The second kappa shape index (κ2) is 7.25. The van der Waals surface area contributed by atoms with Gasteiger partial charge in [0.25, 0.3) is 0 Å². The number of nitrogens with one attached hydrogen (secondary N) is 1. The van der Waals surface area contributed by atoms with Crippen LogP contribution >= 0.6 is 23.2 Å². The Morgan fingerprint density at radius 1 is 1.39 bits per heavy atom. The van der Waals surface area contributed by atoms with Crippen molar-refractivity contribution in [2.45, 2.75) is 17.7 Å². The molecule has 1 aromatic rings. The van der Waals surface area contributed by atoms with Gasteiger partial charge < -0.3 is 4.74 Å². The molecule has 1 rings (SSSR count). The molecule has 1 aromatic heterocycles. The quantitative estimate of drug-likeness (QED) is 0.618. The highest BCUT2D eigenvalue weighted by atomic mass is 35.5. The predicted molar refractivity (Wildman–Crippen MR) is 70.6 cm³/mol. The summed E-state index contributed by atoms with van der Waals surface area (Å²) in [5, 5.41) is 0.189. The normalized spacial score (nSPS) is 11.7. The third-order valence-electron chi connectivity index (χ3n) is 2.15. The zero-order valence-electron chi connectivity index (χ0n) is 9.82. The van der Waals surface area contributed by atoms with E-state index in [0.29, 0.717) is 19.6 Å². The van der Waals surface area contributed by atoms with E-state index in [1.54, 1.807) is 7.11 Å². The fourth-order valence-corrected chi connectivity index (χ4v) is 2.59. The average Bonchev–Trinajstić information content (AvgIpc) is 2.32. The number of ether oxygens (including phenoxy) is 1. The summed E-state index contributed by atoms with van der Waals surface area (Å²) in [6, 6.07) is 1.27. The number of halogens is 2. The molecule has 0 saturated carbocycles. The van der Waals surface area contributed by atoms with Crippen LogP contribution in [0.5, 0.6) is 0 Å². The fourth-order valence-electron chi connectivity index (χ4n) is 1.21. The van der Waals surface area contributed by atoms with Crippen LogP contribution in [0.25, 0.3) is 0 Å². The molecular weight excluding hydrogens is 299 g/mol. The van der Waals surface area contributed by atoms with E-state index < -0.39 is 10.0 Å². The molecule has 0 aliphatic rings. The average molecular weight is 313 g/mol. The number of nitrogens with zero attached hydrogens (tertiary/aromatic N) is 1. The van der Waals surface area contributed by atoms with Crippen molar-refractivity contribution >= 4 is 33.2 Å². The Bertz CT molecular complexity index is 494. The largest absolute Gasteiger partial charge is 0.385 e. The molecule has 1 heterocycles. The summed E-state index contributed by atoms with van der Waals surface area (Å²) in [4.78, 5) is 3.70. The first-order valence-electron chi connectivity index (χ1n) is 5.27. The van der Waals surface area contributed by atoms with Crippen LogP contribution in [0, 0.1) is 0 Å². The van der Waals surface area contributed by atoms with Crippen LogP contribution in [-0.2, 0) is 14.8 Å². The molecule has 0 radical (unpaired) electrons. The van der Waals surface area contributed by atoms with Gasteiger partial charge in [0.1, 0.15) is 10.0 Å². The first-order chi connectivity index (χ1) is 8.47. The molecule has 8 heteroatoms. The molecular formula is C10H14Cl2N2O3S. The van der Waals surface area contributed by atoms with E-state index in [-0.39, 0.29) is 15.1 Å². The van der Waals surface area contributed by atoms with Gasteiger partial charge >= 0.3 is 0 Å². The van der Waals surface area contributed by atoms with Crippen molar-refractivity contribution in [2.75, 3.05) is 20.3 Å². The maximum atomic E-state index is 11.8. The lowest BCUT2D eigenvalue weighted by molar-refractivity contribution is 0.193. The molecule has 0 aliphatic heterocycles. The number of hydrogen-bond acceptors (Lipinski definition) is 4. The van der Waals surface area contributed by atoms with Crippen LogP contribution in [0.1, 0.15) is 12.8 Å². The Morgan fingerprint density at radius 3 is 2.72 bits per heavy atom. The first-order valence-corrected chi connectivity index (χ1v) is 7.51. The number of pyridine rings is 1. The van der Waals surface area contributed by atoms with E-state index in [1.807, 2.05) is 0 Å². The van der Waals surface area contributed by atoms with Crippen molar-refractivity contribution in [1.82, 2.24) is 9.71 Å². The Kier molecular flexibility index (Phi) is 6.31. The van der Waals surface area contributed by atoms with Gasteiger partial charge in [-0.05, 0) is 18.9 Å². The molecule has 102 valence electrons. The molecule has 18 heavy (non-hydrogen) atoms. The highest BCUT2D eigenvalue weighted by molar-refractivity contribution is 7.89. The lowest BCUT2D eigenvalue weighted by Gasteiger charge is -2.07. The summed E-state index contributed by atoms with van der Waals surface area (Å²) in [6.45, 7) is 0.946. The second-order valence-electron chi connectivity index (χ2n) is 3.54. The SMILES string of the molecule is COCCCCNS(=O)(=O)c1cnc(Cl)c(Cl)c1. The van der Waals surface area contributed by atoms with E-state index in [4.69, 9.17) is 27.9 Å². The van der Waals surface area contributed by atoms with Crippen molar-refractivity contribution in [3.63, 3.8) is 0 Å². The van der Waals surface area contributed by atoms with E-state index >= 15 is 0 Å². The maximum absolute atomic E-state index is 11.8. The standard InChI is InChI=1S/C10H14Cl2N2O3S/c1-17-5-3-2-4-14-18(15,16)8-6-9(11)10(12)13-7-8/h6-7,14H,2-5H2,1H3. The van der Waals surface area contributed by atoms with Gasteiger partial charge in [0.05, 0.1) is 5.02 Å². The Labute approximate surface area is 117 Å². The van der Waals surface area contributed by atoms with E-state index in [0.717, 1.165) is 6.42 Å². The Morgan fingerprint density at radius 2 is 2.11 bits per heavy atom. The van der Waals surface area contributed by atoms with Crippen molar-refractivity contribution in [2.24, 2.45) is 0 Å². The summed E-state index contributed by atoms with van der Waals surface area (Å²) in [6.07, 6.45) is 2.66. The number of rotatable bonds is 7. The van der Waals surface area contributed by atoms with Gasteiger partial charge in [-0.2, -0.15) is 0 Å². The van der Waals surface area contributed by atoms with Gasteiger partial charge in [-0.3, -0.25) is 0 Å². The molecule has 0 atom stereocenters. The van der Waals surface area contributed by atoms with Gasteiger partial charge in [-0.1, -0.05) is 23.2 Å². The number of sulfonamides is 1. The zero-order valence-corrected chi connectivity index (χ0v) is 12.1. The Hall–Kier alpha value is -0.400. The van der Waals surface area contributed by atoms with Crippen molar-refractivity contribution in [3.05, 3.63) is 22.4 Å². The zero-order chi connectivity index (χ0) is 13.6. The minimum absolute atomic E-state index is 0.00337. The van der Waals surface area contributed by atoms with Crippen molar-refractivity contribution < 1.29 is 13.2 Å². The highest BCUT2D eigenvalue weighted by Crippen LogP contribution is 2.21. The smallest absolute Gasteiger partial charge is 0.242 e. The summed E-state index contributed by atoms with van der Waals surface area (Å²) < 4.78 is 31.0.